The Labute approximate surface area is 191 Å². The molecule has 0 bridgehead atoms. The van der Waals surface area contributed by atoms with E-state index >= 15 is 0 Å². The fourth-order valence-electron chi connectivity index (χ4n) is 3.14. The molecule has 178 valence electrons. The zero-order valence-electron chi connectivity index (χ0n) is 20.0. The second-order valence-corrected chi connectivity index (χ2v) is 8.85. The van der Waals surface area contributed by atoms with Gasteiger partial charge in [-0.3, -0.25) is 9.59 Å². The number of benzene rings is 1. The number of alkyl carbamates (subject to hydrolysis) is 1. The molecule has 2 unspecified atom stereocenters. The van der Waals surface area contributed by atoms with Gasteiger partial charge < -0.3 is 25.4 Å². The normalized spacial score (nSPS) is 13.1. The molecule has 0 spiro atoms. The summed E-state index contributed by atoms with van der Waals surface area (Å²) in [5, 5.41) is 15.1. The third-order valence-electron chi connectivity index (χ3n) is 4.37. The Bertz CT molecular complexity index is 801. The largest absolute Gasteiger partial charge is 0.444 e. The number of carbonyl (C=O) groups excluding carboxylic acids is 3. The fourth-order valence-corrected chi connectivity index (χ4v) is 3.14. The summed E-state index contributed by atoms with van der Waals surface area (Å²) in [6.07, 6.45) is 1.41. The molecule has 2 atom stereocenters. The Morgan fingerprint density at radius 2 is 1.88 bits per heavy atom. The van der Waals surface area contributed by atoms with Crippen LogP contribution in [0.1, 0.15) is 65.1 Å². The van der Waals surface area contributed by atoms with Crippen molar-refractivity contribution in [2.24, 2.45) is 0 Å². The van der Waals surface area contributed by atoms with Crippen LogP contribution in [-0.2, 0) is 14.3 Å². The minimum Gasteiger partial charge on any atom is -0.444 e. The molecule has 8 heteroatoms. The van der Waals surface area contributed by atoms with E-state index in [-0.39, 0.29) is 18.5 Å². The van der Waals surface area contributed by atoms with Gasteiger partial charge in [-0.05, 0) is 58.2 Å². The molecule has 3 amide bonds. The quantitative estimate of drug-likeness (QED) is 0.511. The van der Waals surface area contributed by atoms with Crippen molar-refractivity contribution in [1.82, 2.24) is 15.5 Å². The van der Waals surface area contributed by atoms with Crippen LogP contribution in [0.25, 0.3) is 6.08 Å². The van der Waals surface area contributed by atoms with E-state index in [9.17, 15) is 19.5 Å². The lowest BCUT2D eigenvalue weighted by molar-refractivity contribution is -0.143. The van der Waals surface area contributed by atoms with Crippen molar-refractivity contribution in [3.8, 4) is 0 Å². The van der Waals surface area contributed by atoms with Crippen LogP contribution in [0.2, 0.25) is 0 Å². The van der Waals surface area contributed by atoms with Gasteiger partial charge in [-0.1, -0.05) is 37.8 Å². The highest BCUT2D eigenvalue weighted by Crippen LogP contribution is 2.24. The maximum absolute atomic E-state index is 13.4. The van der Waals surface area contributed by atoms with Crippen LogP contribution < -0.4 is 10.6 Å². The topological polar surface area (TPSA) is 108 Å². The van der Waals surface area contributed by atoms with E-state index < -0.39 is 36.3 Å². The maximum atomic E-state index is 13.4. The lowest BCUT2D eigenvalue weighted by Crippen LogP contribution is -2.55. The number of hydrogen-bond acceptors (Lipinski definition) is 5. The number of ether oxygens (including phenoxy) is 1. The Morgan fingerprint density at radius 3 is 2.38 bits per heavy atom. The average Bonchev–Trinajstić information content (AvgIpc) is 2.69. The van der Waals surface area contributed by atoms with Crippen LogP contribution >= 0.6 is 0 Å². The van der Waals surface area contributed by atoms with Crippen LogP contribution in [0.3, 0.4) is 0 Å². The predicted octanol–water partition coefficient (Wildman–Crippen LogP) is 3.02. The lowest BCUT2D eigenvalue weighted by Gasteiger charge is -2.34. The minimum atomic E-state index is -1.26. The number of amides is 3. The number of rotatable bonds is 10. The first-order valence-corrected chi connectivity index (χ1v) is 10.9. The highest BCUT2D eigenvalue weighted by molar-refractivity contribution is 5.92. The summed E-state index contributed by atoms with van der Waals surface area (Å²) >= 11 is 0. The van der Waals surface area contributed by atoms with E-state index in [0.717, 1.165) is 5.56 Å². The van der Waals surface area contributed by atoms with Crippen LogP contribution in [0.4, 0.5) is 4.79 Å². The molecule has 0 radical (unpaired) electrons. The highest BCUT2D eigenvalue weighted by Gasteiger charge is 2.35. The van der Waals surface area contributed by atoms with Crippen molar-refractivity contribution in [3.63, 3.8) is 0 Å². The number of nitrogens with one attached hydrogen (secondary N) is 2. The molecule has 0 aromatic heterocycles. The number of nitrogens with zero attached hydrogens (tertiary/aromatic N) is 1. The Morgan fingerprint density at radius 1 is 1.22 bits per heavy atom. The van der Waals surface area contributed by atoms with Gasteiger partial charge in [-0.25, -0.2) is 4.79 Å². The van der Waals surface area contributed by atoms with Gasteiger partial charge >= 0.3 is 6.09 Å². The zero-order valence-corrected chi connectivity index (χ0v) is 20.0. The lowest BCUT2D eigenvalue weighted by atomic mass is 10.00. The Balaban J connectivity index is 3.35. The molecule has 0 aliphatic heterocycles. The molecular weight excluding hydrogens is 410 g/mol. The predicted molar refractivity (Wildman–Crippen MR) is 125 cm³/mol. The first-order valence-electron chi connectivity index (χ1n) is 10.9. The number of aliphatic hydroxyl groups is 1. The second-order valence-electron chi connectivity index (χ2n) is 8.85. The number of hydrogen-bond donors (Lipinski definition) is 3. The van der Waals surface area contributed by atoms with E-state index in [0.29, 0.717) is 12.0 Å². The molecule has 8 nitrogen and oxygen atoms in total. The molecule has 0 heterocycles. The number of aliphatic hydroxyl groups excluding tert-OH is 1. The van der Waals surface area contributed by atoms with Crippen LogP contribution in [0.5, 0.6) is 0 Å². The monoisotopic (exact) mass is 447 g/mol. The van der Waals surface area contributed by atoms with E-state index in [2.05, 4.69) is 17.2 Å². The molecule has 0 aliphatic carbocycles. The van der Waals surface area contributed by atoms with Crippen molar-refractivity contribution in [2.45, 2.75) is 71.7 Å². The highest BCUT2D eigenvalue weighted by atomic mass is 16.6. The van der Waals surface area contributed by atoms with Crippen molar-refractivity contribution in [1.29, 1.82) is 0 Å². The summed E-state index contributed by atoms with van der Waals surface area (Å²) in [5.41, 5.74) is 0.650. The van der Waals surface area contributed by atoms with Crippen LogP contribution in [0, 0.1) is 0 Å². The summed E-state index contributed by atoms with van der Waals surface area (Å²) in [5.74, 6) is -0.926. The summed E-state index contributed by atoms with van der Waals surface area (Å²) in [6, 6.07) is 4.86. The van der Waals surface area contributed by atoms with Gasteiger partial charge in [0.15, 0.2) is 0 Å². The molecular formula is C24H37N3O5. The van der Waals surface area contributed by atoms with Crippen molar-refractivity contribution >= 4 is 24.0 Å². The first-order chi connectivity index (χ1) is 14.9. The van der Waals surface area contributed by atoms with Crippen LogP contribution in [-0.4, -0.2) is 58.8 Å². The summed E-state index contributed by atoms with van der Waals surface area (Å²) in [6.45, 7) is 14.0. The van der Waals surface area contributed by atoms with E-state index in [1.54, 1.807) is 45.0 Å². The summed E-state index contributed by atoms with van der Waals surface area (Å²) in [4.78, 5) is 40.2. The van der Waals surface area contributed by atoms with Gasteiger partial charge in [0.1, 0.15) is 17.7 Å². The minimum absolute atomic E-state index is 0.139. The van der Waals surface area contributed by atoms with Gasteiger partial charge in [0.25, 0.3) is 0 Å². The van der Waals surface area contributed by atoms with Gasteiger partial charge in [0.2, 0.25) is 11.8 Å². The first kappa shape index (κ1) is 27.2. The third-order valence-corrected chi connectivity index (χ3v) is 4.37. The smallest absolute Gasteiger partial charge is 0.408 e. The van der Waals surface area contributed by atoms with Gasteiger partial charge in [-0.15, -0.1) is 0 Å². The maximum Gasteiger partial charge on any atom is 0.408 e. The number of carbonyl (C=O) groups is 3. The molecule has 0 fully saturated rings. The average molecular weight is 448 g/mol. The summed E-state index contributed by atoms with van der Waals surface area (Å²) < 4.78 is 5.21. The van der Waals surface area contributed by atoms with Crippen molar-refractivity contribution < 1.29 is 24.2 Å². The van der Waals surface area contributed by atoms with Gasteiger partial charge in [0, 0.05) is 12.6 Å². The Kier molecular flexibility index (Phi) is 10.4. The van der Waals surface area contributed by atoms with Gasteiger partial charge in [0.05, 0.1) is 6.61 Å². The molecule has 0 aliphatic rings. The molecule has 1 rings (SSSR count). The fraction of sp³-hybridized carbons (Fsp3) is 0.542. The van der Waals surface area contributed by atoms with Crippen molar-refractivity contribution in [3.05, 3.63) is 42.0 Å². The van der Waals surface area contributed by atoms with E-state index in [4.69, 9.17) is 4.74 Å². The molecule has 0 saturated carbocycles. The van der Waals surface area contributed by atoms with Crippen molar-refractivity contribution in [2.75, 3.05) is 13.2 Å². The SMILES string of the molecule is C=Cc1cccc(C(C(=O)NC(C)C)N(CCC)C(=O)C(CO)NC(=O)OC(C)(C)C)c1. The molecule has 1 aromatic carbocycles. The summed E-state index contributed by atoms with van der Waals surface area (Å²) in [7, 11) is 0. The third kappa shape index (κ3) is 8.34. The molecule has 3 N–H and O–H groups in total. The van der Waals surface area contributed by atoms with Gasteiger partial charge in [-0.2, -0.15) is 0 Å². The molecule has 32 heavy (non-hydrogen) atoms. The Hall–Kier alpha value is -2.87. The standard InChI is InChI=1S/C24H37N3O5/c1-8-13-27(22(30)19(15-28)26-23(31)32-24(5,6)7)20(21(29)25-16(3)4)18-12-10-11-17(9-2)14-18/h9-12,14,16,19-20,28H,2,8,13,15H2,1,3-7H3,(H,25,29)(H,26,31). The molecule has 0 saturated heterocycles. The second kappa shape index (κ2) is 12.2. The van der Waals surface area contributed by atoms with Crippen LogP contribution in [0.15, 0.2) is 30.8 Å². The molecule has 1 aromatic rings. The zero-order chi connectivity index (χ0) is 24.5. The van der Waals surface area contributed by atoms with E-state index in [1.807, 2.05) is 26.8 Å². The van der Waals surface area contributed by atoms with E-state index in [1.165, 1.54) is 4.90 Å².